The molecule has 7 nitrogen and oxygen atoms in total. The number of nitrogens with zero attached hydrogens (tertiary/aromatic N) is 2. The molecule has 162 valence electrons. The fourth-order valence-electron chi connectivity index (χ4n) is 3.08. The maximum Gasteiger partial charge on any atom is 0.412 e. The van der Waals surface area contributed by atoms with Crippen LogP contribution in [0.25, 0.3) is 21.5 Å². The van der Waals surface area contributed by atoms with Crippen molar-refractivity contribution in [2.24, 2.45) is 0 Å². The summed E-state index contributed by atoms with van der Waals surface area (Å²) >= 11 is 1.58. The molecule has 0 spiro atoms. The first-order valence-corrected chi connectivity index (χ1v) is 10.9. The lowest BCUT2D eigenvalue weighted by Crippen LogP contribution is -2.27. The van der Waals surface area contributed by atoms with Crippen LogP contribution in [0.3, 0.4) is 0 Å². The molecule has 0 aliphatic heterocycles. The van der Waals surface area contributed by atoms with E-state index in [1.807, 2.05) is 23.6 Å². The molecular formula is C24H22N4O3S. The molecule has 0 aliphatic carbocycles. The van der Waals surface area contributed by atoms with Gasteiger partial charge >= 0.3 is 6.09 Å². The topological polar surface area (TPSA) is 93.2 Å². The fraction of sp³-hybridized carbons (Fsp3) is 0.167. The molecule has 2 amide bonds. The van der Waals surface area contributed by atoms with Crippen LogP contribution in [0.1, 0.15) is 31.1 Å². The molecule has 4 rings (SSSR count). The number of amides is 2. The molecule has 0 aliphatic rings. The molecule has 2 N–H and O–H groups in total. The van der Waals surface area contributed by atoms with Crippen molar-refractivity contribution >= 4 is 44.9 Å². The van der Waals surface area contributed by atoms with E-state index in [1.165, 1.54) is 0 Å². The molecule has 0 unspecified atom stereocenters. The molecule has 0 saturated heterocycles. The van der Waals surface area contributed by atoms with E-state index in [9.17, 15) is 9.59 Å². The van der Waals surface area contributed by atoms with Crippen molar-refractivity contribution in [3.8, 4) is 11.3 Å². The van der Waals surface area contributed by atoms with Gasteiger partial charge in [0, 0.05) is 11.1 Å². The molecule has 2 aromatic carbocycles. The zero-order valence-corrected chi connectivity index (χ0v) is 18.7. The summed E-state index contributed by atoms with van der Waals surface area (Å²) < 4.78 is 6.30. The number of thiophene rings is 1. The van der Waals surface area contributed by atoms with Crippen molar-refractivity contribution in [2.45, 2.75) is 26.4 Å². The van der Waals surface area contributed by atoms with E-state index in [0.717, 1.165) is 21.5 Å². The van der Waals surface area contributed by atoms with Gasteiger partial charge in [0.15, 0.2) is 0 Å². The summed E-state index contributed by atoms with van der Waals surface area (Å²) in [4.78, 5) is 33.6. The Morgan fingerprint density at radius 3 is 2.28 bits per heavy atom. The van der Waals surface area contributed by atoms with E-state index in [-0.39, 0.29) is 5.91 Å². The smallest absolute Gasteiger partial charge is 0.412 e. The Morgan fingerprint density at radius 2 is 1.59 bits per heavy atom. The number of carbonyl (C=O) groups excluding carboxylic acids is 2. The van der Waals surface area contributed by atoms with Crippen LogP contribution < -0.4 is 10.6 Å². The van der Waals surface area contributed by atoms with Gasteiger partial charge in [0.1, 0.15) is 11.9 Å². The van der Waals surface area contributed by atoms with Crippen molar-refractivity contribution in [2.75, 3.05) is 10.6 Å². The number of para-hydroxylation sites is 2. The van der Waals surface area contributed by atoms with E-state index >= 15 is 0 Å². The number of anilines is 2. The summed E-state index contributed by atoms with van der Waals surface area (Å²) in [7, 11) is 0. The molecule has 0 saturated carbocycles. The molecule has 8 heteroatoms. The Kier molecular flexibility index (Phi) is 5.87. The third kappa shape index (κ3) is 4.92. The lowest BCUT2D eigenvalue weighted by Gasteiger charge is -2.20. The van der Waals surface area contributed by atoms with Crippen LogP contribution in [0.5, 0.6) is 0 Å². The summed E-state index contributed by atoms with van der Waals surface area (Å²) in [5, 5.41) is 7.51. The van der Waals surface area contributed by atoms with Gasteiger partial charge in [0.2, 0.25) is 0 Å². The lowest BCUT2D eigenvalue weighted by atomic mass is 10.1. The largest absolute Gasteiger partial charge is 0.444 e. The number of aromatic nitrogens is 2. The SMILES string of the molecule is CC(C)(C)OC(=O)Nc1ccccc1NC(=O)c1ccc(-c2ncnc3ccsc23)cc1. The van der Waals surface area contributed by atoms with Crippen LogP contribution >= 0.6 is 11.3 Å². The Balaban J connectivity index is 1.50. The van der Waals surface area contributed by atoms with Crippen molar-refractivity contribution in [3.63, 3.8) is 0 Å². The van der Waals surface area contributed by atoms with Gasteiger partial charge in [0.05, 0.1) is 27.3 Å². The quantitative estimate of drug-likeness (QED) is 0.404. The van der Waals surface area contributed by atoms with Gasteiger partial charge in [-0.3, -0.25) is 10.1 Å². The number of hydrogen-bond acceptors (Lipinski definition) is 6. The van der Waals surface area contributed by atoms with Crippen LogP contribution in [-0.2, 0) is 4.74 Å². The maximum absolute atomic E-state index is 12.8. The van der Waals surface area contributed by atoms with E-state index in [4.69, 9.17) is 4.74 Å². The number of ether oxygens (including phenoxy) is 1. The highest BCUT2D eigenvalue weighted by atomic mass is 32.1. The van der Waals surface area contributed by atoms with E-state index < -0.39 is 11.7 Å². The van der Waals surface area contributed by atoms with E-state index in [1.54, 1.807) is 74.8 Å². The van der Waals surface area contributed by atoms with Gasteiger partial charge < -0.3 is 10.1 Å². The van der Waals surface area contributed by atoms with Gasteiger partial charge in [-0.15, -0.1) is 11.3 Å². The lowest BCUT2D eigenvalue weighted by molar-refractivity contribution is 0.0635. The van der Waals surface area contributed by atoms with Crippen LogP contribution in [-0.4, -0.2) is 27.6 Å². The molecule has 0 atom stereocenters. The zero-order chi connectivity index (χ0) is 22.7. The van der Waals surface area contributed by atoms with Crippen molar-refractivity contribution < 1.29 is 14.3 Å². The van der Waals surface area contributed by atoms with Gasteiger partial charge in [-0.2, -0.15) is 0 Å². The molecule has 0 fully saturated rings. The Morgan fingerprint density at radius 1 is 0.906 bits per heavy atom. The predicted octanol–water partition coefficient (Wildman–Crippen LogP) is 5.96. The van der Waals surface area contributed by atoms with Gasteiger partial charge in [-0.05, 0) is 56.5 Å². The summed E-state index contributed by atoms with van der Waals surface area (Å²) in [5.41, 5.74) is 3.43. The Bertz CT molecular complexity index is 1280. The second kappa shape index (κ2) is 8.76. The second-order valence-electron chi connectivity index (χ2n) is 8.06. The summed E-state index contributed by atoms with van der Waals surface area (Å²) in [6, 6.07) is 16.1. The number of rotatable bonds is 4. The number of carbonyl (C=O) groups is 2. The van der Waals surface area contributed by atoms with Crippen LogP contribution in [0.2, 0.25) is 0 Å². The minimum absolute atomic E-state index is 0.293. The predicted molar refractivity (Wildman–Crippen MR) is 127 cm³/mol. The number of hydrogen-bond donors (Lipinski definition) is 2. The first kappa shape index (κ1) is 21.5. The summed E-state index contributed by atoms with van der Waals surface area (Å²) in [6.07, 6.45) is 0.952. The highest BCUT2D eigenvalue weighted by molar-refractivity contribution is 7.17. The van der Waals surface area contributed by atoms with Crippen molar-refractivity contribution in [1.29, 1.82) is 0 Å². The average molecular weight is 447 g/mol. The monoisotopic (exact) mass is 446 g/mol. The second-order valence-corrected chi connectivity index (χ2v) is 8.98. The average Bonchev–Trinajstić information content (AvgIpc) is 3.23. The normalized spacial score (nSPS) is 11.2. The Labute approximate surface area is 189 Å². The zero-order valence-electron chi connectivity index (χ0n) is 17.9. The minimum Gasteiger partial charge on any atom is -0.444 e. The van der Waals surface area contributed by atoms with E-state index in [2.05, 4.69) is 20.6 Å². The van der Waals surface area contributed by atoms with Crippen molar-refractivity contribution in [3.05, 3.63) is 71.9 Å². The third-order valence-corrected chi connectivity index (χ3v) is 5.38. The number of fused-ring (bicyclic) bond motifs is 1. The van der Waals surface area contributed by atoms with Gasteiger partial charge in [-0.25, -0.2) is 14.8 Å². The highest BCUT2D eigenvalue weighted by Gasteiger charge is 2.18. The van der Waals surface area contributed by atoms with Crippen LogP contribution in [0.4, 0.5) is 16.2 Å². The molecule has 32 heavy (non-hydrogen) atoms. The molecule has 0 radical (unpaired) electrons. The standard InChI is InChI=1S/C24H22N4O3S/c1-24(2,3)31-23(30)28-18-7-5-4-6-17(18)27-22(29)16-10-8-15(9-11-16)20-21-19(12-13-32-21)25-14-26-20/h4-14H,1-3H3,(H,27,29)(H,28,30). The Hall–Kier alpha value is -3.78. The molecule has 0 bridgehead atoms. The first-order chi connectivity index (χ1) is 15.3. The minimum atomic E-state index is -0.623. The highest BCUT2D eigenvalue weighted by Crippen LogP contribution is 2.29. The summed E-state index contributed by atoms with van der Waals surface area (Å²) in [6.45, 7) is 5.36. The molecule has 4 aromatic rings. The maximum atomic E-state index is 12.8. The fourth-order valence-corrected chi connectivity index (χ4v) is 3.94. The molecule has 2 heterocycles. The van der Waals surface area contributed by atoms with Crippen LogP contribution in [0.15, 0.2) is 66.3 Å². The first-order valence-electron chi connectivity index (χ1n) is 9.99. The molecular weight excluding hydrogens is 424 g/mol. The van der Waals surface area contributed by atoms with Crippen molar-refractivity contribution in [1.82, 2.24) is 9.97 Å². The van der Waals surface area contributed by atoms with E-state index in [0.29, 0.717) is 16.9 Å². The number of benzene rings is 2. The van der Waals surface area contributed by atoms with Gasteiger partial charge in [-0.1, -0.05) is 24.3 Å². The third-order valence-electron chi connectivity index (χ3n) is 4.47. The van der Waals surface area contributed by atoms with Gasteiger partial charge in [0.25, 0.3) is 5.91 Å². The number of nitrogens with one attached hydrogen (secondary N) is 2. The summed E-state index contributed by atoms with van der Waals surface area (Å²) in [5.74, 6) is -0.293. The van der Waals surface area contributed by atoms with Crippen LogP contribution in [0, 0.1) is 0 Å². The molecule has 2 aromatic heterocycles.